The minimum absolute atomic E-state index is 0.136. The van der Waals surface area contributed by atoms with Crippen LogP contribution in [0.5, 0.6) is 0 Å². The highest BCUT2D eigenvalue weighted by molar-refractivity contribution is 6.09. The Morgan fingerprint density at radius 2 is 1.84 bits per heavy atom. The third-order valence-corrected chi connectivity index (χ3v) is 6.53. The average molecular weight is 508 g/mol. The van der Waals surface area contributed by atoms with Crippen LogP contribution in [0.2, 0.25) is 0 Å². The van der Waals surface area contributed by atoms with Crippen LogP contribution >= 0.6 is 0 Å². The van der Waals surface area contributed by atoms with Crippen molar-refractivity contribution in [1.82, 2.24) is 29.7 Å². The molecule has 3 N–H and O–H groups in total. The van der Waals surface area contributed by atoms with Crippen LogP contribution in [0.3, 0.4) is 0 Å². The number of halogens is 1. The lowest BCUT2D eigenvalue weighted by Crippen LogP contribution is -2.34. The van der Waals surface area contributed by atoms with Crippen LogP contribution in [-0.2, 0) is 12.0 Å². The number of pyridine rings is 2. The van der Waals surface area contributed by atoms with Gasteiger partial charge in [0.05, 0.1) is 17.3 Å². The van der Waals surface area contributed by atoms with E-state index in [9.17, 15) is 9.18 Å². The van der Waals surface area contributed by atoms with Crippen molar-refractivity contribution >= 4 is 34.3 Å². The first-order chi connectivity index (χ1) is 18.3. The second kappa shape index (κ2) is 8.80. The number of anilines is 1. The van der Waals surface area contributed by atoms with E-state index >= 15 is 0 Å². The lowest BCUT2D eigenvalue weighted by molar-refractivity contribution is 0.102. The molecule has 0 saturated heterocycles. The van der Waals surface area contributed by atoms with E-state index in [2.05, 4.69) is 30.2 Å². The Labute approximate surface area is 216 Å². The maximum Gasteiger partial charge on any atom is 0.274 e. The third kappa shape index (κ3) is 3.84. The number of nitrogens with one attached hydrogen (secondary N) is 1. The van der Waals surface area contributed by atoms with Gasteiger partial charge in [0.15, 0.2) is 17.3 Å². The summed E-state index contributed by atoms with van der Waals surface area (Å²) in [4.78, 5) is 35.8. The van der Waals surface area contributed by atoms with Gasteiger partial charge in [-0.3, -0.25) is 9.78 Å². The highest BCUT2D eigenvalue weighted by Gasteiger charge is 2.40. The smallest absolute Gasteiger partial charge is 0.274 e. The van der Waals surface area contributed by atoms with Gasteiger partial charge in [-0.25, -0.2) is 29.0 Å². The summed E-state index contributed by atoms with van der Waals surface area (Å²) in [6.45, 7) is 3.89. The van der Waals surface area contributed by atoms with Gasteiger partial charge in [0.2, 0.25) is 0 Å². The summed E-state index contributed by atoms with van der Waals surface area (Å²) < 4.78 is 16.0. The van der Waals surface area contributed by atoms with Gasteiger partial charge in [-0.15, -0.1) is 0 Å². The van der Waals surface area contributed by atoms with Gasteiger partial charge in [-0.1, -0.05) is 18.2 Å². The van der Waals surface area contributed by atoms with Crippen molar-refractivity contribution in [2.45, 2.75) is 25.8 Å². The van der Waals surface area contributed by atoms with E-state index < -0.39 is 11.3 Å². The molecule has 0 saturated carbocycles. The zero-order valence-corrected chi connectivity index (χ0v) is 20.6. The Balaban J connectivity index is 1.51. The number of nitrogens with zero attached hydrogens (tertiary/aromatic N) is 7. The molecule has 1 aliphatic rings. The van der Waals surface area contributed by atoms with E-state index in [-0.39, 0.29) is 23.9 Å². The van der Waals surface area contributed by atoms with Gasteiger partial charge in [0.1, 0.15) is 23.0 Å². The van der Waals surface area contributed by atoms with Gasteiger partial charge in [-0.2, -0.15) is 5.10 Å². The Bertz CT molecular complexity index is 1740. The first-order valence-corrected chi connectivity index (χ1v) is 11.9. The molecular formula is C27H22FN9O. The molecule has 4 aromatic heterocycles. The molecule has 1 aliphatic heterocycles. The monoisotopic (exact) mass is 507 g/mol. The Kier molecular flexibility index (Phi) is 5.41. The molecular weight excluding hydrogens is 485 g/mol. The summed E-state index contributed by atoms with van der Waals surface area (Å²) in [5, 5.41) is 8.22. The standard InChI is InChI=1S/C27H22FN9O/c1-27(2)19-21(25(38)32-16-9-12-30-13-10-16)33-23(34-22(19)35-26(27)29)20-17-7-5-11-31-24(17)37(36-20)14-15-6-3-4-8-18(15)28/h3-13H,14H2,1-2H3,(H,30,32,38)(H2,29,33,34,35). The number of hydrogen-bond acceptors (Lipinski definition) is 8. The molecule has 10 nitrogen and oxygen atoms in total. The number of amidine groups is 1. The maximum atomic E-state index is 14.4. The van der Waals surface area contributed by atoms with E-state index in [1.165, 1.54) is 6.07 Å². The van der Waals surface area contributed by atoms with Crippen LogP contribution in [-0.4, -0.2) is 41.5 Å². The molecule has 1 aromatic carbocycles. The summed E-state index contributed by atoms with van der Waals surface area (Å²) in [6, 6.07) is 13.4. The lowest BCUT2D eigenvalue weighted by Gasteiger charge is -2.21. The van der Waals surface area contributed by atoms with E-state index in [0.29, 0.717) is 45.2 Å². The van der Waals surface area contributed by atoms with Gasteiger partial charge < -0.3 is 11.1 Å². The molecule has 0 atom stereocenters. The number of amides is 1. The summed E-state index contributed by atoms with van der Waals surface area (Å²) in [5.74, 6) is 0.0292. The molecule has 0 aliphatic carbocycles. The molecule has 11 heteroatoms. The van der Waals surface area contributed by atoms with E-state index in [0.717, 1.165) is 0 Å². The molecule has 0 spiro atoms. The number of carbonyl (C=O) groups excluding carboxylic acids is 1. The van der Waals surface area contributed by atoms with Crippen molar-refractivity contribution in [2.24, 2.45) is 10.7 Å². The topological polar surface area (TPSA) is 137 Å². The molecule has 0 unspecified atom stereocenters. The number of nitrogens with two attached hydrogens (primary N) is 1. The number of benzene rings is 1. The van der Waals surface area contributed by atoms with Crippen LogP contribution < -0.4 is 11.1 Å². The molecule has 6 rings (SSSR count). The Hall–Kier alpha value is -5.06. The molecule has 5 aromatic rings. The number of hydrogen-bond donors (Lipinski definition) is 2. The van der Waals surface area contributed by atoms with Crippen LogP contribution in [0.4, 0.5) is 15.9 Å². The zero-order valence-electron chi connectivity index (χ0n) is 20.6. The maximum absolute atomic E-state index is 14.4. The predicted octanol–water partition coefficient (Wildman–Crippen LogP) is 4.00. The molecule has 0 bridgehead atoms. The van der Waals surface area contributed by atoms with E-state index in [4.69, 9.17) is 10.8 Å². The number of aliphatic imine (C=N–C) groups is 1. The fourth-order valence-electron chi connectivity index (χ4n) is 4.46. The Morgan fingerprint density at radius 1 is 1.05 bits per heavy atom. The fourth-order valence-corrected chi connectivity index (χ4v) is 4.46. The second-order valence-corrected chi connectivity index (χ2v) is 9.38. The fraction of sp³-hybridized carbons (Fsp3) is 0.148. The summed E-state index contributed by atoms with van der Waals surface area (Å²) >= 11 is 0. The molecule has 1 amide bonds. The largest absolute Gasteiger partial charge is 0.386 e. The first kappa shape index (κ1) is 23.3. The van der Waals surface area contributed by atoms with Gasteiger partial charge in [0, 0.05) is 35.4 Å². The van der Waals surface area contributed by atoms with Gasteiger partial charge in [-0.05, 0) is 44.2 Å². The quantitative estimate of drug-likeness (QED) is 0.367. The van der Waals surface area contributed by atoms with Crippen LogP contribution in [0.1, 0.15) is 35.5 Å². The number of fused-ring (bicyclic) bond motifs is 2. The normalized spacial score (nSPS) is 13.8. The molecule has 38 heavy (non-hydrogen) atoms. The molecule has 5 heterocycles. The van der Waals surface area contributed by atoms with E-state index in [1.807, 2.05) is 19.9 Å². The number of carbonyl (C=O) groups is 1. The average Bonchev–Trinajstić information content (AvgIpc) is 3.39. The predicted molar refractivity (Wildman–Crippen MR) is 141 cm³/mol. The van der Waals surface area contributed by atoms with Gasteiger partial charge in [0.25, 0.3) is 5.91 Å². The second-order valence-electron chi connectivity index (χ2n) is 9.38. The molecule has 188 valence electrons. The van der Waals surface area contributed by atoms with E-state index in [1.54, 1.807) is 59.7 Å². The van der Waals surface area contributed by atoms with Crippen molar-refractivity contribution in [3.8, 4) is 11.5 Å². The zero-order chi connectivity index (χ0) is 26.4. The number of aromatic nitrogens is 6. The third-order valence-electron chi connectivity index (χ3n) is 6.53. The number of rotatable bonds is 5. The Morgan fingerprint density at radius 3 is 2.63 bits per heavy atom. The van der Waals surface area contributed by atoms with Crippen molar-refractivity contribution in [3.63, 3.8) is 0 Å². The van der Waals surface area contributed by atoms with Gasteiger partial charge >= 0.3 is 0 Å². The highest BCUT2D eigenvalue weighted by atomic mass is 19.1. The van der Waals surface area contributed by atoms with Crippen LogP contribution in [0.25, 0.3) is 22.6 Å². The van der Waals surface area contributed by atoms with Crippen molar-refractivity contribution < 1.29 is 9.18 Å². The summed E-state index contributed by atoms with van der Waals surface area (Å²) in [7, 11) is 0. The minimum Gasteiger partial charge on any atom is -0.386 e. The molecule has 0 fully saturated rings. The molecule has 0 radical (unpaired) electrons. The first-order valence-electron chi connectivity index (χ1n) is 11.9. The van der Waals surface area contributed by atoms with Crippen molar-refractivity contribution in [2.75, 3.05) is 5.32 Å². The van der Waals surface area contributed by atoms with Crippen molar-refractivity contribution in [1.29, 1.82) is 0 Å². The van der Waals surface area contributed by atoms with Crippen LogP contribution in [0, 0.1) is 5.82 Å². The highest BCUT2D eigenvalue weighted by Crippen LogP contribution is 2.41. The lowest BCUT2D eigenvalue weighted by atomic mass is 9.84. The summed E-state index contributed by atoms with van der Waals surface area (Å²) in [6.07, 6.45) is 4.80. The minimum atomic E-state index is -0.757. The SMILES string of the molecule is CC1(C)C(N)=Nc2nc(-c3nn(Cc4ccccc4F)c4ncccc34)nc(C(=O)Nc3ccncc3)c21. The van der Waals surface area contributed by atoms with Crippen LogP contribution in [0.15, 0.2) is 72.1 Å². The summed E-state index contributed by atoms with van der Waals surface area (Å²) in [5.41, 5.74) is 8.09. The van der Waals surface area contributed by atoms with Crippen molar-refractivity contribution in [3.05, 3.63) is 89.8 Å².